The summed E-state index contributed by atoms with van der Waals surface area (Å²) < 4.78 is 5.13. The first kappa shape index (κ1) is 10.3. The van der Waals surface area contributed by atoms with Crippen LogP contribution < -0.4 is 4.74 Å². The molecule has 0 aliphatic rings. The van der Waals surface area contributed by atoms with E-state index < -0.39 is 5.24 Å². The minimum absolute atomic E-state index is 0.0519. The van der Waals surface area contributed by atoms with Crippen LogP contribution in [-0.2, 0) is 0 Å². The summed E-state index contributed by atoms with van der Waals surface area (Å²) in [6.07, 6.45) is 1.40. The molecule has 1 heterocycles. The predicted octanol–water partition coefficient (Wildman–Crippen LogP) is 2.51. The highest BCUT2D eigenvalue weighted by Crippen LogP contribution is 2.27. The van der Waals surface area contributed by atoms with Gasteiger partial charge in [-0.15, -0.1) is 0 Å². The zero-order valence-electron chi connectivity index (χ0n) is 6.88. The van der Waals surface area contributed by atoms with Gasteiger partial charge in [-0.3, -0.25) is 4.79 Å². The number of aromatic nitrogens is 1. The molecule has 1 rings (SSSR count). The number of hydrogen-bond acceptors (Lipinski definition) is 3. The quantitative estimate of drug-likeness (QED) is 0.734. The second-order valence-electron chi connectivity index (χ2n) is 2.18. The molecule has 0 amide bonds. The Morgan fingerprint density at radius 3 is 2.92 bits per heavy atom. The van der Waals surface area contributed by atoms with Gasteiger partial charge in [0.1, 0.15) is 0 Å². The Balaban J connectivity index is 3.17. The number of carbonyl (C=O) groups is 1. The second-order valence-corrected chi connectivity index (χ2v) is 2.93. The molecule has 0 spiro atoms. The average Bonchev–Trinajstić information content (AvgIpc) is 2.08. The summed E-state index contributed by atoms with van der Waals surface area (Å²) in [6, 6.07) is 1.54. The van der Waals surface area contributed by atoms with Crippen molar-refractivity contribution in [2.24, 2.45) is 0 Å². The van der Waals surface area contributed by atoms with Crippen molar-refractivity contribution in [2.45, 2.75) is 6.92 Å². The molecule has 0 aliphatic carbocycles. The monoisotopic (exact) mass is 219 g/mol. The Labute approximate surface area is 85.6 Å². The van der Waals surface area contributed by atoms with Crippen LogP contribution in [0.5, 0.6) is 5.75 Å². The zero-order chi connectivity index (χ0) is 9.84. The lowest BCUT2D eigenvalue weighted by molar-refractivity contribution is 0.107. The molecule has 5 heteroatoms. The van der Waals surface area contributed by atoms with E-state index in [4.69, 9.17) is 27.9 Å². The molecule has 0 N–H and O–H groups in total. The van der Waals surface area contributed by atoms with Gasteiger partial charge in [-0.05, 0) is 24.6 Å². The van der Waals surface area contributed by atoms with E-state index in [0.717, 1.165) is 0 Å². The number of carbonyl (C=O) groups excluding carboxylic acids is 1. The van der Waals surface area contributed by atoms with Crippen LogP contribution in [0, 0.1) is 0 Å². The molecule has 0 radical (unpaired) electrons. The third kappa shape index (κ3) is 2.32. The lowest BCUT2D eigenvalue weighted by Gasteiger charge is -2.07. The van der Waals surface area contributed by atoms with Crippen LogP contribution in [0.2, 0.25) is 5.02 Å². The second kappa shape index (κ2) is 4.44. The Kier molecular flexibility index (Phi) is 3.51. The topological polar surface area (TPSA) is 39.2 Å². The van der Waals surface area contributed by atoms with Crippen LogP contribution in [0.3, 0.4) is 0 Å². The molecule has 0 saturated heterocycles. The molecule has 0 aliphatic heterocycles. The third-order valence-corrected chi connectivity index (χ3v) is 1.81. The van der Waals surface area contributed by atoms with Crippen molar-refractivity contribution >= 4 is 28.4 Å². The minimum atomic E-state index is -0.675. The first-order valence-corrected chi connectivity index (χ1v) is 4.39. The Hall–Kier alpha value is -0.800. The fourth-order valence-electron chi connectivity index (χ4n) is 0.846. The lowest BCUT2D eigenvalue weighted by Crippen LogP contribution is -2.02. The summed E-state index contributed by atoms with van der Waals surface area (Å²) in [6.45, 7) is 2.19. The van der Waals surface area contributed by atoms with E-state index in [9.17, 15) is 4.79 Å². The molecule has 1 aromatic heterocycles. The number of hydrogen-bond donors (Lipinski definition) is 0. The standard InChI is InChI=1S/C8H7Cl2NO2/c1-2-13-7-5(9)3-4-11-6(7)8(10)12/h3-4H,2H2,1H3. The van der Waals surface area contributed by atoms with Crippen LogP contribution in [0.1, 0.15) is 17.4 Å². The molecule has 0 unspecified atom stereocenters. The molecule has 70 valence electrons. The molecule has 1 aromatic rings. The van der Waals surface area contributed by atoms with Gasteiger partial charge in [0.2, 0.25) is 0 Å². The fraction of sp³-hybridized carbons (Fsp3) is 0.250. The van der Waals surface area contributed by atoms with Crippen LogP contribution in [-0.4, -0.2) is 16.8 Å². The van der Waals surface area contributed by atoms with Gasteiger partial charge in [-0.2, -0.15) is 0 Å². The SMILES string of the molecule is CCOc1c(Cl)ccnc1C(=O)Cl. The van der Waals surface area contributed by atoms with Crippen molar-refractivity contribution in [1.29, 1.82) is 0 Å². The lowest BCUT2D eigenvalue weighted by atomic mass is 10.3. The molecule has 0 atom stereocenters. The number of pyridine rings is 1. The van der Waals surface area contributed by atoms with Crippen LogP contribution in [0.25, 0.3) is 0 Å². The minimum Gasteiger partial charge on any atom is -0.490 e. The van der Waals surface area contributed by atoms with Crippen molar-refractivity contribution < 1.29 is 9.53 Å². The predicted molar refractivity (Wildman–Crippen MR) is 50.6 cm³/mol. The molecule has 0 bridgehead atoms. The normalized spacial score (nSPS) is 9.77. The van der Waals surface area contributed by atoms with Crippen LogP contribution in [0.4, 0.5) is 0 Å². The number of halogens is 2. The summed E-state index contributed by atoms with van der Waals surface area (Å²) >= 11 is 11.1. The Morgan fingerprint density at radius 1 is 1.69 bits per heavy atom. The van der Waals surface area contributed by atoms with Crippen molar-refractivity contribution in [3.63, 3.8) is 0 Å². The van der Waals surface area contributed by atoms with E-state index >= 15 is 0 Å². The molecular formula is C8H7Cl2NO2. The van der Waals surface area contributed by atoms with Gasteiger partial charge in [0, 0.05) is 6.20 Å². The van der Waals surface area contributed by atoms with Gasteiger partial charge in [0.25, 0.3) is 5.24 Å². The van der Waals surface area contributed by atoms with Gasteiger partial charge in [-0.1, -0.05) is 11.6 Å². The first-order chi connectivity index (χ1) is 6.16. The van der Waals surface area contributed by atoms with Crippen LogP contribution in [0.15, 0.2) is 12.3 Å². The van der Waals surface area contributed by atoms with Gasteiger partial charge in [0.15, 0.2) is 11.4 Å². The molecule has 13 heavy (non-hydrogen) atoms. The van der Waals surface area contributed by atoms with E-state index in [0.29, 0.717) is 11.6 Å². The third-order valence-electron chi connectivity index (χ3n) is 1.33. The maximum Gasteiger partial charge on any atom is 0.274 e. The fourth-order valence-corrected chi connectivity index (χ4v) is 1.18. The van der Waals surface area contributed by atoms with Crippen LogP contribution >= 0.6 is 23.2 Å². The van der Waals surface area contributed by atoms with Crippen molar-refractivity contribution in [3.8, 4) is 5.75 Å². The van der Waals surface area contributed by atoms with E-state index in [-0.39, 0.29) is 11.4 Å². The number of rotatable bonds is 3. The van der Waals surface area contributed by atoms with E-state index in [1.165, 1.54) is 12.3 Å². The molecular weight excluding hydrogens is 213 g/mol. The van der Waals surface area contributed by atoms with Crippen molar-refractivity contribution in [1.82, 2.24) is 4.98 Å². The first-order valence-electron chi connectivity index (χ1n) is 3.64. The number of ether oxygens (including phenoxy) is 1. The highest BCUT2D eigenvalue weighted by Gasteiger charge is 2.14. The molecule has 0 saturated carbocycles. The number of nitrogens with zero attached hydrogens (tertiary/aromatic N) is 1. The molecule has 0 aromatic carbocycles. The molecule has 3 nitrogen and oxygen atoms in total. The van der Waals surface area contributed by atoms with E-state index in [1.807, 2.05) is 0 Å². The van der Waals surface area contributed by atoms with Crippen molar-refractivity contribution in [3.05, 3.63) is 23.0 Å². The van der Waals surface area contributed by atoms with Gasteiger partial charge in [-0.25, -0.2) is 4.98 Å². The van der Waals surface area contributed by atoms with E-state index in [1.54, 1.807) is 6.92 Å². The van der Waals surface area contributed by atoms with Crippen molar-refractivity contribution in [2.75, 3.05) is 6.61 Å². The summed E-state index contributed by atoms with van der Waals surface area (Å²) in [4.78, 5) is 14.6. The largest absolute Gasteiger partial charge is 0.490 e. The zero-order valence-corrected chi connectivity index (χ0v) is 8.39. The Morgan fingerprint density at radius 2 is 2.38 bits per heavy atom. The molecule has 0 fully saturated rings. The summed E-state index contributed by atoms with van der Waals surface area (Å²) in [5.41, 5.74) is 0.0519. The summed E-state index contributed by atoms with van der Waals surface area (Å²) in [5.74, 6) is 0.242. The Bertz CT molecular complexity index is 328. The highest BCUT2D eigenvalue weighted by atomic mass is 35.5. The summed E-state index contributed by atoms with van der Waals surface area (Å²) in [7, 11) is 0. The van der Waals surface area contributed by atoms with E-state index in [2.05, 4.69) is 4.98 Å². The smallest absolute Gasteiger partial charge is 0.274 e. The maximum atomic E-state index is 10.9. The van der Waals surface area contributed by atoms with Gasteiger partial charge < -0.3 is 4.74 Å². The maximum absolute atomic E-state index is 10.9. The van der Waals surface area contributed by atoms with Gasteiger partial charge >= 0.3 is 0 Å². The van der Waals surface area contributed by atoms with Gasteiger partial charge in [0.05, 0.1) is 11.6 Å². The average molecular weight is 220 g/mol. The highest BCUT2D eigenvalue weighted by molar-refractivity contribution is 6.67. The summed E-state index contributed by atoms with van der Waals surface area (Å²) in [5, 5.41) is -0.341.